The van der Waals surface area contributed by atoms with Gasteiger partial charge in [0.2, 0.25) is 0 Å². The van der Waals surface area contributed by atoms with E-state index in [1.807, 2.05) is 11.0 Å². The summed E-state index contributed by atoms with van der Waals surface area (Å²) in [5.74, 6) is 0.126. The molecule has 3 rings (SSSR count). The van der Waals surface area contributed by atoms with Gasteiger partial charge in [0.15, 0.2) is 0 Å². The number of methoxy groups -OCH3 is 1. The molecule has 2 aliphatic rings. The molecule has 116 valence electrons. The van der Waals surface area contributed by atoms with Gasteiger partial charge in [-0.25, -0.2) is 0 Å². The molecule has 21 heavy (non-hydrogen) atoms. The molecule has 1 unspecified atom stereocenters. The first kappa shape index (κ1) is 15.3. The van der Waals surface area contributed by atoms with E-state index in [1.165, 1.54) is 11.3 Å². The molecule has 1 aromatic rings. The van der Waals surface area contributed by atoms with E-state index in [2.05, 4.69) is 4.90 Å². The van der Waals surface area contributed by atoms with Crippen LogP contribution in [0, 0.1) is 0 Å². The molecular formula is C15H21ClN2O2S. The molecule has 3 heterocycles. The van der Waals surface area contributed by atoms with Gasteiger partial charge in [-0.1, -0.05) is 11.6 Å². The first-order valence-corrected chi connectivity index (χ1v) is 8.68. The zero-order valence-corrected chi connectivity index (χ0v) is 13.8. The van der Waals surface area contributed by atoms with E-state index in [9.17, 15) is 4.79 Å². The average Bonchev–Trinajstić information content (AvgIpc) is 3.15. The summed E-state index contributed by atoms with van der Waals surface area (Å²) in [7, 11) is 1.79. The fourth-order valence-electron chi connectivity index (χ4n) is 3.30. The average molecular weight is 329 g/mol. The second-order valence-corrected chi connectivity index (χ2v) is 7.48. The highest BCUT2D eigenvalue weighted by atomic mass is 35.5. The van der Waals surface area contributed by atoms with Gasteiger partial charge < -0.3 is 9.64 Å². The topological polar surface area (TPSA) is 32.8 Å². The van der Waals surface area contributed by atoms with Crippen molar-refractivity contribution >= 4 is 28.8 Å². The minimum atomic E-state index is 0.126. The van der Waals surface area contributed by atoms with Crippen LogP contribution in [-0.2, 0) is 4.74 Å². The van der Waals surface area contributed by atoms with Crippen molar-refractivity contribution in [1.29, 1.82) is 0 Å². The van der Waals surface area contributed by atoms with E-state index in [0.29, 0.717) is 16.5 Å². The number of ether oxygens (including phenoxy) is 1. The fraction of sp³-hybridized carbons (Fsp3) is 0.667. The first-order chi connectivity index (χ1) is 10.2. The van der Waals surface area contributed by atoms with E-state index < -0.39 is 0 Å². The Bertz CT molecular complexity index is 500. The van der Waals surface area contributed by atoms with Crippen LogP contribution < -0.4 is 0 Å². The quantitative estimate of drug-likeness (QED) is 0.855. The summed E-state index contributed by atoms with van der Waals surface area (Å²) in [5.41, 5.74) is 0. The Morgan fingerprint density at radius 1 is 1.29 bits per heavy atom. The Labute approximate surface area is 134 Å². The zero-order valence-electron chi connectivity index (χ0n) is 12.3. The number of hydrogen-bond donors (Lipinski definition) is 0. The molecule has 4 nitrogen and oxygen atoms in total. The van der Waals surface area contributed by atoms with Crippen molar-refractivity contribution in [2.75, 3.05) is 33.3 Å². The largest absolute Gasteiger partial charge is 0.380 e. The summed E-state index contributed by atoms with van der Waals surface area (Å²) in [6, 6.07) is 4.22. The van der Waals surface area contributed by atoms with Gasteiger partial charge in [-0.05, 0) is 31.4 Å². The molecule has 2 saturated heterocycles. The second-order valence-electron chi connectivity index (χ2n) is 5.77. The molecule has 0 aromatic carbocycles. The predicted molar refractivity (Wildman–Crippen MR) is 85.2 cm³/mol. The normalized spacial score (nSPS) is 24.7. The van der Waals surface area contributed by atoms with Crippen LogP contribution >= 0.6 is 22.9 Å². The molecule has 1 amide bonds. The first-order valence-electron chi connectivity index (χ1n) is 7.49. The van der Waals surface area contributed by atoms with E-state index in [0.717, 1.165) is 50.3 Å². The molecule has 0 saturated carbocycles. The lowest BCUT2D eigenvalue weighted by atomic mass is 10.0. The Hall–Kier alpha value is -0.620. The van der Waals surface area contributed by atoms with Crippen molar-refractivity contribution in [2.45, 2.75) is 31.4 Å². The number of hydrogen-bond acceptors (Lipinski definition) is 4. The molecule has 0 radical (unpaired) electrons. The smallest absolute Gasteiger partial charge is 0.263 e. The maximum Gasteiger partial charge on any atom is 0.263 e. The lowest BCUT2D eigenvalue weighted by molar-refractivity contribution is 0.0607. The summed E-state index contributed by atoms with van der Waals surface area (Å²) in [5, 5.41) is 0. The number of nitrogens with zero attached hydrogens (tertiary/aromatic N) is 2. The minimum Gasteiger partial charge on any atom is -0.380 e. The van der Waals surface area contributed by atoms with Crippen LogP contribution in [0.1, 0.15) is 28.9 Å². The number of likely N-dealkylation sites (tertiary alicyclic amines) is 2. The summed E-state index contributed by atoms with van der Waals surface area (Å²) < 4.78 is 6.11. The highest BCUT2D eigenvalue weighted by Crippen LogP contribution is 2.26. The monoisotopic (exact) mass is 328 g/mol. The maximum absolute atomic E-state index is 12.4. The SMILES string of the molecule is COC1CCN(C2CCN(C(=O)c3ccc(Cl)s3)CC2)C1. The lowest BCUT2D eigenvalue weighted by Gasteiger charge is -2.36. The van der Waals surface area contributed by atoms with Gasteiger partial charge in [0.25, 0.3) is 5.91 Å². The molecule has 6 heteroatoms. The van der Waals surface area contributed by atoms with Gasteiger partial charge in [-0.2, -0.15) is 0 Å². The van der Waals surface area contributed by atoms with E-state index in [1.54, 1.807) is 13.2 Å². The van der Waals surface area contributed by atoms with Gasteiger partial charge in [0.1, 0.15) is 0 Å². The molecule has 0 spiro atoms. The number of rotatable bonds is 3. The van der Waals surface area contributed by atoms with Crippen LogP contribution in [0.4, 0.5) is 0 Å². The molecular weight excluding hydrogens is 308 g/mol. The van der Waals surface area contributed by atoms with Gasteiger partial charge in [-0.15, -0.1) is 11.3 Å². The summed E-state index contributed by atoms with van der Waals surface area (Å²) in [6.45, 7) is 3.84. The van der Waals surface area contributed by atoms with E-state index in [-0.39, 0.29) is 5.91 Å². The van der Waals surface area contributed by atoms with E-state index >= 15 is 0 Å². The highest BCUT2D eigenvalue weighted by molar-refractivity contribution is 7.17. The van der Waals surface area contributed by atoms with Crippen LogP contribution in [0.2, 0.25) is 4.34 Å². The van der Waals surface area contributed by atoms with Crippen molar-refractivity contribution < 1.29 is 9.53 Å². The maximum atomic E-state index is 12.4. The number of halogens is 1. The second kappa shape index (κ2) is 6.65. The van der Waals surface area contributed by atoms with Crippen LogP contribution in [0.25, 0.3) is 0 Å². The number of amides is 1. The minimum absolute atomic E-state index is 0.126. The molecule has 0 bridgehead atoms. The van der Waals surface area contributed by atoms with Crippen LogP contribution in [0.15, 0.2) is 12.1 Å². The van der Waals surface area contributed by atoms with Gasteiger partial charge in [0.05, 0.1) is 15.3 Å². The standard InChI is InChI=1S/C15H21ClN2O2S/c1-20-12-6-9-18(10-12)11-4-7-17(8-5-11)15(19)13-2-3-14(16)21-13/h2-3,11-12H,4-10H2,1H3. The van der Waals surface area contributed by atoms with Crippen molar-refractivity contribution in [1.82, 2.24) is 9.80 Å². The number of thiophene rings is 1. The third kappa shape index (κ3) is 3.42. The molecule has 0 aliphatic carbocycles. The van der Waals surface area contributed by atoms with Crippen LogP contribution in [0.5, 0.6) is 0 Å². The molecule has 2 aliphatic heterocycles. The Morgan fingerprint density at radius 2 is 2.05 bits per heavy atom. The van der Waals surface area contributed by atoms with Gasteiger partial charge in [0, 0.05) is 39.3 Å². The Morgan fingerprint density at radius 3 is 2.62 bits per heavy atom. The van der Waals surface area contributed by atoms with Crippen molar-refractivity contribution in [3.05, 3.63) is 21.3 Å². The number of piperidine rings is 1. The lowest BCUT2D eigenvalue weighted by Crippen LogP contribution is -2.46. The predicted octanol–water partition coefficient (Wildman–Crippen LogP) is 2.73. The summed E-state index contributed by atoms with van der Waals surface area (Å²) in [4.78, 5) is 17.6. The summed E-state index contributed by atoms with van der Waals surface area (Å²) >= 11 is 7.28. The number of carbonyl (C=O) groups excluding carboxylic acids is 1. The van der Waals surface area contributed by atoms with Crippen molar-refractivity contribution in [2.24, 2.45) is 0 Å². The molecule has 1 aromatic heterocycles. The van der Waals surface area contributed by atoms with Crippen molar-refractivity contribution in [3.8, 4) is 0 Å². The van der Waals surface area contributed by atoms with Crippen LogP contribution in [0.3, 0.4) is 0 Å². The Kier molecular flexibility index (Phi) is 4.84. The van der Waals surface area contributed by atoms with Gasteiger partial charge >= 0.3 is 0 Å². The molecule has 2 fully saturated rings. The number of carbonyl (C=O) groups is 1. The Balaban J connectivity index is 1.52. The van der Waals surface area contributed by atoms with Crippen LogP contribution in [-0.4, -0.2) is 61.1 Å². The third-order valence-electron chi connectivity index (χ3n) is 4.56. The molecule has 1 atom stereocenters. The fourth-order valence-corrected chi connectivity index (χ4v) is 4.31. The van der Waals surface area contributed by atoms with Crippen molar-refractivity contribution in [3.63, 3.8) is 0 Å². The zero-order chi connectivity index (χ0) is 14.8. The summed E-state index contributed by atoms with van der Waals surface area (Å²) in [6.07, 6.45) is 3.63. The highest BCUT2D eigenvalue weighted by Gasteiger charge is 2.32. The third-order valence-corrected chi connectivity index (χ3v) is 5.78. The van der Waals surface area contributed by atoms with E-state index in [4.69, 9.17) is 16.3 Å². The van der Waals surface area contributed by atoms with Gasteiger partial charge in [-0.3, -0.25) is 9.69 Å². The molecule has 0 N–H and O–H groups in total.